The average Bonchev–Trinajstić information content (AvgIpc) is 3.04. The van der Waals surface area contributed by atoms with Crippen LogP contribution < -0.4 is 0 Å². The minimum Gasteiger partial charge on any atom is -0.208 e. The number of aromatic nitrogens is 3. The summed E-state index contributed by atoms with van der Waals surface area (Å²) >= 11 is 0. The van der Waals surface area contributed by atoms with Crippen LogP contribution in [0.5, 0.6) is 0 Å². The summed E-state index contributed by atoms with van der Waals surface area (Å²) in [6.45, 7) is 15.9. The molecule has 0 bridgehead atoms. The van der Waals surface area contributed by atoms with E-state index in [-0.39, 0.29) is 16.2 Å². The van der Waals surface area contributed by atoms with E-state index in [4.69, 9.17) is 15.0 Å². The number of hydrogen-bond acceptors (Lipinski definition) is 3. The Balaban J connectivity index is 1.32. The molecule has 1 aliphatic rings. The molecule has 1 aliphatic carbocycles. The van der Waals surface area contributed by atoms with Gasteiger partial charge in [-0.2, -0.15) is 0 Å². The summed E-state index contributed by atoms with van der Waals surface area (Å²) in [7, 11) is 0. The molecule has 0 spiro atoms. The lowest BCUT2D eigenvalue weighted by Crippen LogP contribution is -2.22. The SMILES string of the molecule is CC(C)(C)C1=CCC(C)(c2ccc(-c3nc(-c4ccccc4)nc(-c4ccc(-c5ccc(C(C)(C)C)cc5)cc4)n3)cc2)C=C1. The van der Waals surface area contributed by atoms with Gasteiger partial charge < -0.3 is 0 Å². The number of rotatable bonds is 5. The molecule has 0 saturated heterocycles. The van der Waals surface area contributed by atoms with Crippen molar-refractivity contribution in [1.29, 1.82) is 0 Å². The molecule has 1 heterocycles. The number of benzene rings is 4. The molecule has 1 atom stereocenters. The molecule has 45 heavy (non-hydrogen) atoms. The molecule has 0 aliphatic heterocycles. The molecule has 1 unspecified atom stereocenters. The fourth-order valence-corrected chi connectivity index (χ4v) is 5.83. The standard InChI is InChI=1S/C42H43N3/c1-40(2,3)34-21-17-30(18-22-34)29-13-15-32(16-14-29)38-43-37(31-11-9-8-10-12-31)44-39(45-38)33-19-23-36(24-20-33)42(7)27-25-35(26-28-42)41(4,5)6/h8-27H,28H2,1-7H3. The molecule has 0 fully saturated rings. The predicted octanol–water partition coefficient (Wildman–Crippen LogP) is 11.0. The Morgan fingerprint density at radius 3 is 1.40 bits per heavy atom. The monoisotopic (exact) mass is 589 g/mol. The van der Waals surface area contributed by atoms with Crippen molar-refractivity contribution in [3.05, 3.63) is 138 Å². The second-order valence-corrected chi connectivity index (χ2v) is 14.5. The number of hydrogen-bond donors (Lipinski definition) is 0. The maximum atomic E-state index is 4.99. The van der Waals surface area contributed by atoms with Gasteiger partial charge in [0.15, 0.2) is 17.5 Å². The van der Waals surface area contributed by atoms with Gasteiger partial charge in [0.2, 0.25) is 0 Å². The first-order chi connectivity index (χ1) is 21.4. The smallest absolute Gasteiger partial charge is 0.164 e. The summed E-state index contributed by atoms with van der Waals surface area (Å²) < 4.78 is 0. The maximum Gasteiger partial charge on any atom is 0.164 e. The van der Waals surface area contributed by atoms with Crippen molar-refractivity contribution in [1.82, 2.24) is 15.0 Å². The van der Waals surface area contributed by atoms with E-state index in [0.29, 0.717) is 17.5 Å². The van der Waals surface area contributed by atoms with Crippen molar-refractivity contribution >= 4 is 0 Å². The molecule has 0 saturated carbocycles. The van der Waals surface area contributed by atoms with Gasteiger partial charge in [0.05, 0.1) is 0 Å². The summed E-state index contributed by atoms with van der Waals surface area (Å²) in [6, 6.07) is 36.3. The fourth-order valence-electron chi connectivity index (χ4n) is 5.83. The maximum absolute atomic E-state index is 4.99. The van der Waals surface area contributed by atoms with Crippen molar-refractivity contribution < 1.29 is 0 Å². The van der Waals surface area contributed by atoms with Crippen LogP contribution in [-0.4, -0.2) is 15.0 Å². The molecular formula is C42H43N3. The van der Waals surface area contributed by atoms with Crippen LogP contribution in [0.1, 0.15) is 66.0 Å². The number of allylic oxidation sites excluding steroid dienone is 4. The summed E-state index contributed by atoms with van der Waals surface area (Å²) in [4.78, 5) is 14.9. The molecule has 6 rings (SSSR count). The van der Waals surface area contributed by atoms with E-state index in [1.165, 1.54) is 27.8 Å². The Hall–Kier alpha value is -4.63. The third kappa shape index (κ3) is 6.59. The zero-order valence-electron chi connectivity index (χ0n) is 27.6. The Bertz CT molecular complexity index is 1850. The van der Waals surface area contributed by atoms with Crippen LogP contribution in [0.25, 0.3) is 45.3 Å². The minimum absolute atomic E-state index is 0.0401. The van der Waals surface area contributed by atoms with Gasteiger partial charge in [0.1, 0.15) is 0 Å². The van der Waals surface area contributed by atoms with E-state index in [0.717, 1.165) is 23.1 Å². The van der Waals surface area contributed by atoms with E-state index in [1.54, 1.807) is 0 Å². The van der Waals surface area contributed by atoms with Crippen LogP contribution in [0.15, 0.2) is 127 Å². The van der Waals surface area contributed by atoms with Crippen LogP contribution in [0, 0.1) is 5.41 Å². The van der Waals surface area contributed by atoms with E-state index >= 15 is 0 Å². The quantitative estimate of drug-likeness (QED) is 0.205. The van der Waals surface area contributed by atoms with Crippen LogP contribution in [0.2, 0.25) is 0 Å². The van der Waals surface area contributed by atoms with Crippen LogP contribution in [0.3, 0.4) is 0 Å². The normalized spacial score (nSPS) is 16.8. The molecule has 226 valence electrons. The molecule has 0 amide bonds. The topological polar surface area (TPSA) is 38.7 Å². The molecular weight excluding hydrogens is 546 g/mol. The summed E-state index contributed by atoms with van der Waals surface area (Å²) in [5.41, 5.74) is 9.54. The third-order valence-corrected chi connectivity index (χ3v) is 8.94. The Morgan fingerprint density at radius 1 is 0.511 bits per heavy atom. The lowest BCUT2D eigenvalue weighted by molar-refractivity contribution is 0.497. The summed E-state index contributed by atoms with van der Waals surface area (Å²) in [5, 5.41) is 0. The molecule has 5 aromatic rings. The van der Waals surface area contributed by atoms with Crippen molar-refractivity contribution in [2.75, 3.05) is 0 Å². The second-order valence-electron chi connectivity index (χ2n) is 14.5. The Morgan fingerprint density at radius 2 is 0.956 bits per heavy atom. The van der Waals surface area contributed by atoms with Gasteiger partial charge in [-0.3, -0.25) is 0 Å². The highest BCUT2D eigenvalue weighted by molar-refractivity contribution is 5.70. The second kappa shape index (κ2) is 11.7. The lowest BCUT2D eigenvalue weighted by Gasteiger charge is -2.32. The average molecular weight is 590 g/mol. The first-order valence-electron chi connectivity index (χ1n) is 15.9. The van der Waals surface area contributed by atoms with Gasteiger partial charge in [-0.05, 0) is 45.1 Å². The minimum atomic E-state index is -0.0401. The van der Waals surface area contributed by atoms with Crippen LogP contribution in [-0.2, 0) is 10.8 Å². The highest BCUT2D eigenvalue weighted by Crippen LogP contribution is 2.39. The molecule has 1 aromatic heterocycles. The van der Waals surface area contributed by atoms with Gasteiger partial charge in [-0.1, -0.05) is 170 Å². The molecule has 4 aromatic carbocycles. The molecule has 3 nitrogen and oxygen atoms in total. The fraction of sp³-hybridized carbons (Fsp3) is 0.262. The van der Waals surface area contributed by atoms with Crippen LogP contribution >= 0.6 is 0 Å². The van der Waals surface area contributed by atoms with E-state index < -0.39 is 0 Å². The molecule has 3 heteroatoms. The first-order valence-corrected chi connectivity index (χ1v) is 15.9. The predicted molar refractivity (Wildman–Crippen MR) is 189 cm³/mol. The Labute approximate surface area is 268 Å². The van der Waals surface area contributed by atoms with Gasteiger partial charge >= 0.3 is 0 Å². The molecule has 0 radical (unpaired) electrons. The van der Waals surface area contributed by atoms with Gasteiger partial charge in [-0.25, -0.2) is 15.0 Å². The first kappa shape index (κ1) is 30.4. The van der Waals surface area contributed by atoms with E-state index in [2.05, 4.69) is 139 Å². The molecule has 0 N–H and O–H groups in total. The highest BCUT2D eigenvalue weighted by Gasteiger charge is 2.28. The van der Waals surface area contributed by atoms with Crippen molar-refractivity contribution in [2.45, 2.75) is 65.7 Å². The Kier molecular flexibility index (Phi) is 7.91. The third-order valence-electron chi connectivity index (χ3n) is 8.94. The zero-order chi connectivity index (χ0) is 31.8. The number of nitrogens with zero attached hydrogens (tertiary/aromatic N) is 3. The zero-order valence-corrected chi connectivity index (χ0v) is 27.6. The largest absolute Gasteiger partial charge is 0.208 e. The van der Waals surface area contributed by atoms with Gasteiger partial charge in [-0.15, -0.1) is 0 Å². The lowest BCUT2D eigenvalue weighted by atomic mass is 9.72. The van der Waals surface area contributed by atoms with Crippen molar-refractivity contribution in [3.63, 3.8) is 0 Å². The van der Waals surface area contributed by atoms with Crippen LogP contribution in [0.4, 0.5) is 0 Å². The van der Waals surface area contributed by atoms with E-state index in [1.807, 2.05) is 30.3 Å². The highest BCUT2D eigenvalue weighted by atomic mass is 15.0. The van der Waals surface area contributed by atoms with Gasteiger partial charge in [0, 0.05) is 22.1 Å². The van der Waals surface area contributed by atoms with Crippen molar-refractivity contribution in [3.8, 4) is 45.3 Å². The van der Waals surface area contributed by atoms with Gasteiger partial charge in [0.25, 0.3) is 0 Å². The van der Waals surface area contributed by atoms with Crippen molar-refractivity contribution in [2.24, 2.45) is 5.41 Å². The summed E-state index contributed by atoms with van der Waals surface area (Å²) in [6.07, 6.45) is 8.04. The van der Waals surface area contributed by atoms with E-state index in [9.17, 15) is 0 Å². The summed E-state index contributed by atoms with van der Waals surface area (Å²) in [5.74, 6) is 2.01.